The number of likely N-dealkylation sites (tertiary alicyclic amines) is 2. The molecule has 0 spiro atoms. The van der Waals surface area contributed by atoms with Crippen LogP contribution < -0.4 is 4.72 Å². The summed E-state index contributed by atoms with van der Waals surface area (Å²) in [5.41, 5.74) is 0.769. The van der Waals surface area contributed by atoms with E-state index in [1.807, 2.05) is 21.7 Å². The third kappa shape index (κ3) is 6.35. The molecule has 0 unspecified atom stereocenters. The lowest BCUT2D eigenvalue weighted by atomic mass is 9.83. The zero-order chi connectivity index (χ0) is 24.2. The van der Waals surface area contributed by atoms with Crippen LogP contribution in [0, 0.1) is 0 Å². The van der Waals surface area contributed by atoms with Gasteiger partial charge in [0.1, 0.15) is 18.7 Å². The van der Waals surface area contributed by atoms with Crippen LogP contribution in [0.3, 0.4) is 0 Å². The molecule has 186 valence electrons. The maximum Gasteiger partial charge on any atom is 0.241 e. The van der Waals surface area contributed by atoms with Crippen molar-refractivity contribution in [1.29, 1.82) is 0 Å². The number of halogens is 1. The van der Waals surface area contributed by atoms with Gasteiger partial charge in [-0.05, 0) is 62.9 Å². The lowest BCUT2D eigenvalue weighted by molar-refractivity contribution is -0.136. The van der Waals surface area contributed by atoms with Crippen LogP contribution >= 0.6 is 11.6 Å². The molecule has 4 rings (SSSR count). The molecule has 1 aromatic heterocycles. The Morgan fingerprint density at radius 1 is 1.12 bits per heavy atom. The SMILES string of the molecule is CS(=O)(=O)N[C@@H](Cc1ccc(Cl)cc1)C(=O)N1CCC(Cn2cncn2)(N2CCCCC2)CC1. The molecule has 1 amide bonds. The summed E-state index contributed by atoms with van der Waals surface area (Å²) in [6.07, 6.45) is 9.91. The van der Waals surface area contributed by atoms with E-state index >= 15 is 0 Å². The van der Waals surface area contributed by atoms with Crippen molar-refractivity contribution in [3.8, 4) is 0 Å². The van der Waals surface area contributed by atoms with Crippen LogP contribution in [-0.2, 0) is 27.8 Å². The van der Waals surface area contributed by atoms with Crippen LogP contribution in [0.1, 0.15) is 37.7 Å². The van der Waals surface area contributed by atoms with E-state index in [4.69, 9.17) is 11.6 Å². The third-order valence-corrected chi connectivity index (χ3v) is 7.93. The Kier molecular flexibility index (Phi) is 7.91. The maximum absolute atomic E-state index is 13.5. The molecule has 0 saturated carbocycles. The van der Waals surface area contributed by atoms with Crippen LogP contribution in [0.15, 0.2) is 36.9 Å². The number of hydrogen-bond donors (Lipinski definition) is 1. The highest BCUT2D eigenvalue weighted by Gasteiger charge is 2.42. The molecule has 2 aromatic rings. The van der Waals surface area contributed by atoms with E-state index in [1.165, 1.54) is 19.3 Å². The fourth-order valence-corrected chi connectivity index (χ4v) is 6.04. The highest BCUT2D eigenvalue weighted by atomic mass is 35.5. The molecule has 34 heavy (non-hydrogen) atoms. The van der Waals surface area contributed by atoms with Gasteiger partial charge >= 0.3 is 0 Å². The number of carbonyl (C=O) groups excluding carboxylic acids is 1. The number of benzene rings is 1. The van der Waals surface area contributed by atoms with Gasteiger partial charge < -0.3 is 4.90 Å². The minimum atomic E-state index is -3.56. The van der Waals surface area contributed by atoms with E-state index in [-0.39, 0.29) is 17.9 Å². The van der Waals surface area contributed by atoms with Crippen LogP contribution in [-0.4, -0.2) is 82.9 Å². The average molecular weight is 509 g/mol. The van der Waals surface area contributed by atoms with Gasteiger partial charge in [0.15, 0.2) is 0 Å². The summed E-state index contributed by atoms with van der Waals surface area (Å²) in [5.74, 6) is -0.187. The number of sulfonamides is 1. The predicted octanol–water partition coefficient (Wildman–Crippen LogP) is 1.94. The van der Waals surface area contributed by atoms with E-state index < -0.39 is 16.1 Å². The van der Waals surface area contributed by atoms with Gasteiger partial charge in [0.05, 0.1) is 12.8 Å². The number of nitrogens with one attached hydrogen (secondary N) is 1. The Morgan fingerprint density at radius 2 is 1.79 bits per heavy atom. The van der Waals surface area contributed by atoms with Gasteiger partial charge in [0.25, 0.3) is 0 Å². The molecule has 1 atom stereocenters. The number of hydrogen-bond acceptors (Lipinski definition) is 6. The van der Waals surface area contributed by atoms with Crippen LogP contribution in [0.25, 0.3) is 0 Å². The van der Waals surface area contributed by atoms with E-state index in [0.717, 1.165) is 44.3 Å². The fourth-order valence-electron chi connectivity index (χ4n) is 5.22. The van der Waals surface area contributed by atoms with Crippen molar-refractivity contribution in [2.45, 2.75) is 56.7 Å². The molecule has 0 aliphatic carbocycles. The number of carbonyl (C=O) groups is 1. The first-order valence-corrected chi connectivity index (χ1v) is 14.1. The number of amides is 1. The van der Waals surface area contributed by atoms with Crippen molar-refractivity contribution in [3.05, 3.63) is 47.5 Å². The first-order valence-electron chi connectivity index (χ1n) is 11.8. The number of rotatable bonds is 8. The first-order chi connectivity index (χ1) is 16.2. The zero-order valence-corrected chi connectivity index (χ0v) is 21.1. The zero-order valence-electron chi connectivity index (χ0n) is 19.6. The highest BCUT2D eigenvalue weighted by molar-refractivity contribution is 7.88. The van der Waals surface area contributed by atoms with Crippen LogP contribution in [0.5, 0.6) is 0 Å². The quantitative estimate of drug-likeness (QED) is 0.585. The molecule has 2 saturated heterocycles. The van der Waals surface area contributed by atoms with Crippen molar-refractivity contribution in [3.63, 3.8) is 0 Å². The molecule has 0 radical (unpaired) electrons. The van der Waals surface area contributed by atoms with E-state index in [9.17, 15) is 13.2 Å². The Balaban J connectivity index is 1.48. The second-order valence-electron chi connectivity index (χ2n) is 9.46. The Labute approximate surface area is 206 Å². The van der Waals surface area contributed by atoms with Gasteiger partial charge in [-0.25, -0.2) is 18.1 Å². The summed E-state index contributed by atoms with van der Waals surface area (Å²) < 4.78 is 28.5. The van der Waals surface area contributed by atoms with Gasteiger partial charge in [-0.15, -0.1) is 0 Å². The van der Waals surface area contributed by atoms with Crippen LogP contribution in [0.2, 0.25) is 5.02 Å². The molecule has 0 bridgehead atoms. The molecular formula is C23H33ClN6O3S. The Hall–Kier alpha value is -2.01. The van der Waals surface area contributed by atoms with Gasteiger partial charge in [0, 0.05) is 23.7 Å². The monoisotopic (exact) mass is 508 g/mol. The van der Waals surface area contributed by atoms with Gasteiger partial charge in [0.2, 0.25) is 15.9 Å². The summed E-state index contributed by atoms with van der Waals surface area (Å²) in [7, 11) is -3.56. The van der Waals surface area contributed by atoms with Crippen molar-refractivity contribution in [2.24, 2.45) is 0 Å². The summed E-state index contributed by atoms with van der Waals surface area (Å²) >= 11 is 5.98. The predicted molar refractivity (Wildman–Crippen MR) is 131 cm³/mol. The van der Waals surface area contributed by atoms with Crippen molar-refractivity contribution >= 4 is 27.5 Å². The second kappa shape index (κ2) is 10.7. The molecule has 9 nitrogen and oxygen atoms in total. The summed E-state index contributed by atoms with van der Waals surface area (Å²) in [6, 6.07) is 6.28. The molecule has 11 heteroatoms. The second-order valence-corrected chi connectivity index (χ2v) is 11.7. The first kappa shape index (κ1) is 25.1. The van der Waals surface area contributed by atoms with Crippen molar-refractivity contribution in [2.75, 3.05) is 32.4 Å². The number of nitrogens with zero attached hydrogens (tertiary/aromatic N) is 5. The Bertz CT molecular complexity index is 1050. The molecule has 3 heterocycles. The van der Waals surface area contributed by atoms with Crippen LogP contribution in [0.4, 0.5) is 0 Å². The fraction of sp³-hybridized carbons (Fsp3) is 0.609. The van der Waals surface area contributed by atoms with Crippen molar-refractivity contribution in [1.82, 2.24) is 29.3 Å². The number of aromatic nitrogens is 3. The number of piperidine rings is 2. The van der Waals surface area contributed by atoms with Gasteiger partial charge in [-0.2, -0.15) is 5.10 Å². The normalized spacial score (nSPS) is 20.2. The molecular weight excluding hydrogens is 476 g/mol. The van der Waals surface area contributed by atoms with E-state index in [2.05, 4.69) is 19.7 Å². The van der Waals surface area contributed by atoms with E-state index in [1.54, 1.807) is 24.8 Å². The average Bonchev–Trinajstić information content (AvgIpc) is 3.33. The standard InChI is InChI=1S/C23H33ClN6O3S/c1-34(32,33)27-21(15-19-5-7-20(24)8-6-19)22(31)28-13-9-23(10-14-28,16-30-18-25-17-26-30)29-11-3-2-4-12-29/h5-8,17-18,21,27H,2-4,9-16H2,1H3/t21-/m0/s1. The van der Waals surface area contributed by atoms with Crippen molar-refractivity contribution < 1.29 is 13.2 Å². The third-order valence-electron chi connectivity index (χ3n) is 6.96. The Morgan fingerprint density at radius 3 is 2.38 bits per heavy atom. The molecule has 2 aliphatic heterocycles. The highest BCUT2D eigenvalue weighted by Crippen LogP contribution is 2.33. The molecule has 1 N–H and O–H groups in total. The maximum atomic E-state index is 13.5. The minimum Gasteiger partial charge on any atom is -0.341 e. The largest absolute Gasteiger partial charge is 0.341 e. The minimum absolute atomic E-state index is 0.0825. The van der Waals surface area contributed by atoms with Gasteiger partial charge in [-0.3, -0.25) is 14.4 Å². The lowest BCUT2D eigenvalue weighted by Gasteiger charge is -2.50. The van der Waals surface area contributed by atoms with E-state index in [0.29, 0.717) is 18.1 Å². The smallest absolute Gasteiger partial charge is 0.241 e. The summed E-state index contributed by atoms with van der Waals surface area (Å²) in [4.78, 5) is 22.0. The molecule has 1 aromatic carbocycles. The summed E-state index contributed by atoms with van der Waals surface area (Å²) in [6.45, 7) is 4.00. The lowest BCUT2D eigenvalue weighted by Crippen LogP contribution is -2.61. The van der Waals surface area contributed by atoms with Gasteiger partial charge in [-0.1, -0.05) is 30.2 Å². The molecule has 2 fully saturated rings. The summed E-state index contributed by atoms with van der Waals surface area (Å²) in [5, 5.41) is 4.94. The topological polar surface area (TPSA) is 100 Å². The molecule has 2 aliphatic rings.